The number of rotatable bonds is 6. The molecule has 0 aliphatic carbocycles. The van der Waals surface area contributed by atoms with Crippen LogP contribution in [0.4, 0.5) is 0 Å². The molecule has 0 unspecified atom stereocenters. The van der Waals surface area contributed by atoms with Gasteiger partial charge in [0.05, 0.1) is 5.39 Å². The van der Waals surface area contributed by atoms with Crippen LogP contribution < -0.4 is 10.1 Å². The van der Waals surface area contributed by atoms with Gasteiger partial charge in [-0.25, -0.2) is 4.98 Å². The van der Waals surface area contributed by atoms with Crippen LogP contribution in [0.25, 0.3) is 33.6 Å². The number of aromatic nitrogens is 1. The van der Waals surface area contributed by atoms with Crippen molar-refractivity contribution in [1.29, 1.82) is 0 Å². The van der Waals surface area contributed by atoms with Crippen molar-refractivity contribution in [3.8, 4) is 28.2 Å². The molecule has 4 heteroatoms. The number of aryl methyl sites for hydroxylation is 1. The first kappa shape index (κ1) is 17.3. The maximum atomic E-state index is 6.20. The van der Waals surface area contributed by atoms with Gasteiger partial charge in [0.2, 0.25) is 5.71 Å². The summed E-state index contributed by atoms with van der Waals surface area (Å²) in [5.74, 6) is 1.68. The predicted molar refractivity (Wildman–Crippen MR) is 109 cm³/mol. The third-order valence-electron chi connectivity index (χ3n) is 4.60. The molecule has 0 aliphatic heterocycles. The smallest absolute Gasteiger partial charge is 0.227 e. The zero-order chi connectivity index (χ0) is 18.6. The van der Waals surface area contributed by atoms with Gasteiger partial charge in [0.15, 0.2) is 0 Å². The second-order valence-electron chi connectivity index (χ2n) is 6.46. The molecule has 0 aliphatic rings. The molecule has 0 radical (unpaired) electrons. The minimum atomic E-state index is 0.638. The number of nitrogens with one attached hydrogen (secondary N) is 1. The van der Waals surface area contributed by atoms with Crippen molar-refractivity contribution in [2.45, 2.75) is 6.92 Å². The van der Waals surface area contributed by atoms with Crippen LogP contribution in [0, 0.1) is 6.92 Å². The van der Waals surface area contributed by atoms with Crippen molar-refractivity contribution in [2.75, 3.05) is 20.2 Å². The first-order chi connectivity index (χ1) is 13.3. The monoisotopic (exact) mass is 358 g/mol. The number of hydrogen-bond donors (Lipinski definition) is 1. The van der Waals surface area contributed by atoms with Crippen molar-refractivity contribution in [3.63, 3.8) is 0 Å². The van der Waals surface area contributed by atoms with E-state index in [0.29, 0.717) is 12.3 Å². The highest BCUT2D eigenvalue weighted by atomic mass is 16.5. The maximum Gasteiger partial charge on any atom is 0.227 e. The van der Waals surface area contributed by atoms with E-state index in [4.69, 9.17) is 9.15 Å². The van der Waals surface area contributed by atoms with Gasteiger partial charge in [0.25, 0.3) is 0 Å². The van der Waals surface area contributed by atoms with Crippen LogP contribution in [0.2, 0.25) is 0 Å². The summed E-state index contributed by atoms with van der Waals surface area (Å²) in [4.78, 5) is 4.44. The molecular weight excluding hydrogens is 336 g/mol. The molecule has 0 bridgehead atoms. The van der Waals surface area contributed by atoms with E-state index in [2.05, 4.69) is 29.4 Å². The molecule has 27 heavy (non-hydrogen) atoms. The molecule has 0 saturated carbocycles. The summed E-state index contributed by atoms with van der Waals surface area (Å²) in [6, 6.07) is 20.4. The van der Waals surface area contributed by atoms with Crippen LogP contribution in [0.1, 0.15) is 5.56 Å². The van der Waals surface area contributed by atoms with Crippen LogP contribution in [0.15, 0.2) is 71.3 Å². The topological polar surface area (TPSA) is 47.3 Å². The van der Waals surface area contributed by atoms with Gasteiger partial charge in [0, 0.05) is 23.9 Å². The molecule has 0 atom stereocenters. The van der Waals surface area contributed by atoms with Crippen molar-refractivity contribution in [2.24, 2.45) is 0 Å². The van der Waals surface area contributed by atoms with Gasteiger partial charge in [-0.05, 0) is 55.4 Å². The van der Waals surface area contributed by atoms with Crippen LogP contribution in [-0.4, -0.2) is 25.2 Å². The lowest BCUT2D eigenvalue weighted by Gasteiger charge is -2.08. The Morgan fingerprint density at radius 1 is 0.963 bits per heavy atom. The van der Waals surface area contributed by atoms with Crippen LogP contribution >= 0.6 is 0 Å². The second-order valence-corrected chi connectivity index (χ2v) is 6.46. The van der Waals surface area contributed by atoms with Gasteiger partial charge in [-0.2, -0.15) is 0 Å². The second kappa shape index (κ2) is 7.64. The van der Waals surface area contributed by atoms with Gasteiger partial charge >= 0.3 is 0 Å². The Morgan fingerprint density at radius 3 is 2.48 bits per heavy atom. The van der Waals surface area contributed by atoms with E-state index < -0.39 is 0 Å². The summed E-state index contributed by atoms with van der Waals surface area (Å²) in [5, 5.41) is 4.14. The number of likely N-dealkylation sites (N-methyl/N-ethyl adjacent to an activating group) is 1. The predicted octanol–water partition coefficient (Wildman–Crippen LogP) is 5.07. The summed E-state index contributed by atoms with van der Waals surface area (Å²) in [5.41, 5.74) is 5.03. The lowest BCUT2D eigenvalue weighted by Crippen LogP contribution is -2.15. The lowest BCUT2D eigenvalue weighted by atomic mass is 9.97. The molecule has 0 fully saturated rings. The van der Waals surface area contributed by atoms with Crippen molar-refractivity contribution in [3.05, 3.63) is 72.4 Å². The third kappa shape index (κ3) is 3.44. The van der Waals surface area contributed by atoms with E-state index in [1.54, 1.807) is 6.20 Å². The Morgan fingerprint density at radius 2 is 1.74 bits per heavy atom. The molecule has 4 rings (SSSR count). The standard InChI is InChI=1S/C23H22N2O2/c1-16-12-13-25-23-20(16)21(17-6-4-3-5-7-17)22(27-23)18-8-10-19(11-9-18)26-15-14-24-2/h3-13,24H,14-15H2,1-2H3. The van der Waals surface area contributed by atoms with Gasteiger partial charge in [0.1, 0.15) is 18.1 Å². The normalized spacial score (nSPS) is 11.0. The van der Waals surface area contributed by atoms with Gasteiger partial charge in [-0.3, -0.25) is 0 Å². The largest absolute Gasteiger partial charge is 0.492 e. The average molecular weight is 358 g/mol. The maximum absolute atomic E-state index is 6.20. The fraction of sp³-hybridized carbons (Fsp3) is 0.174. The minimum absolute atomic E-state index is 0.638. The Bertz CT molecular complexity index is 1040. The molecule has 2 aromatic heterocycles. The van der Waals surface area contributed by atoms with E-state index in [0.717, 1.165) is 45.7 Å². The summed E-state index contributed by atoms with van der Waals surface area (Å²) in [7, 11) is 1.91. The molecule has 4 nitrogen and oxygen atoms in total. The SMILES string of the molecule is CNCCOc1ccc(-c2oc3nccc(C)c3c2-c2ccccc2)cc1. The molecule has 0 amide bonds. The Labute approximate surface area is 158 Å². The molecule has 4 aromatic rings. The fourth-order valence-electron chi connectivity index (χ4n) is 3.23. The Kier molecular flexibility index (Phi) is 4.90. The third-order valence-corrected chi connectivity index (χ3v) is 4.60. The Balaban J connectivity index is 1.81. The molecule has 136 valence electrons. The molecule has 0 spiro atoms. The fourth-order valence-corrected chi connectivity index (χ4v) is 3.23. The van der Waals surface area contributed by atoms with Crippen LogP contribution in [-0.2, 0) is 0 Å². The minimum Gasteiger partial charge on any atom is -0.492 e. The molecule has 0 saturated heterocycles. The Hall–Kier alpha value is -3.11. The van der Waals surface area contributed by atoms with Gasteiger partial charge in [-0.1, -0.05) is 30.3 Å². The van der Waals surface area contributed by atoms with Crippen molar-refractivity contribution in [1.82, 2.24) is 10.3 Å². The molecular formula is C23H22N2O2. The van der Waals surface area contributed by atoms with Crippen LogP contribution in [0.3, 0.4) is 0 Å². The van der Waals surface area contributed by atoms with Crippen molar-refractivity contribution < 1.29 is 9.15 Å². The number of ether oxygens (including phenoxy) is 1. The number of benzene rings is 2. The number of fused-ring (bicyclic) bond motifs is 1. The molecule has 2 aromatic carbocycles. The van der Waals surface area contributed by atoms with Gasteiger partial charge < -0.3 is 14.5 Å². The quantitative estimate of drug-likeness (QED) is 0.489. The number of pyridine rings is 1. The first-order valence-corrected chi connectivity index (χ1v) is 9.09. The summed E-state index contributed by atoms with van der Waals surface area (Å²) < 4.78 is 11.9. The summed E-state index contributed by atoms with van der Waals surface area (Å²) in [6.45, 7) is 3.54. The summed E-state index contributed by atoms with van der Waals surface area (Å²) >= 11 is 0. The highest BCUT2D eigenvalue weighted by Gasteiger charge is 2.19. The first-order valence-electron chi connectivity index (χ1n) is 9.09. The zero-order valence-electron chi connectivity index (χ0n) is 15.5. The van der Waals surface area contributed by atoms with E-state index in [1.807, 2.05) is 55.6 Å². The highest BCUT2D eigenvalue weighted by molar-refractivity contribution is 6.02. The van der Waals surface area contributed by atoms with E-state index >= 15 is 0 Å². The van der Waals surface area contributed by atoms with Crippen molar-refractivity contribution >= 4 is 11.1 Å². The molecule has 2 heterocycles. The lowest BCUT2D eigenvalue weighted by molar-refractivity contribution is 0.318. The highest BCUT2D eigenvalue weighted by Crippen LogP contribution is 2.41. The summed E-state index contributed by atoms with van der Waals surface area (Å²) in [6.07, 6.45) is 1.79. The van der Waals surface area contributed by atoms with E-state index in [1.165, 1.54) is 0 Å². The van der Waals surface area contributed by atoms with Crippen LogP contribution in [0.5, 0.6) is 5.75 Å². The number of hydrogen-bond acceptors (Lipinski definition) is 4. The molecule has 1 N–H and O–H groups in total. The van der Waals surface area contributed by atoms with E-state index in [9.17, 15) is 0 Å². The van der Waals surface area contributed by atoms with Gasteiger partial charge in [-0.15, -0.1) is 0 Å². The average Bonchev–Trinajstić information content (AvgIpc) is 3.10. The number of furan rings is 1. The zero-order valence-corrected chi connectivity index (χ0v) is 15.5. The van der Waals surface area contributed by atoms with E-state index in [-0.39, 0.29) is 0 Å². The number of nitrogens with zero attached hydrogens (tertiary/aromatic N) is 1.